The van der Waals surface area contributed by atoms with Crippen LogP contribution in [0.2, 0.25) is 0 Å². The lowest BCUT2D eigenvalue weighted by Crippen LogP contribution is -2.32. The van der Waals surface area contributed by atoms with E-state index in [-0.39, 0.29) is 24.4 Å². The fourth-order valence-electron chi connectivity index (χ4n) is 1.77. The Kier molecular flexibility index (Phi) is 5.27. The summed E-state index contributed by atoms with van der Waals surface area (Å²) in [6, 6.07) is -1.18. The molecule has 1 aromatic heterocycles. The Morgan fingerprint density at radius 2 is 2.00 bits per heavy atom. The Morgan fingerprint density at radius 1 is 1.35 bits per heavy atom. The lowest BCUT2D eigenvalue weighted by molar-refractivity contribution is -0.138. The van der Waals surface area contributed by atoms with E-state index in [9.17, 15) is 14.7 Å². The van der Waals surface area contributed by atoms with Gasteiger partial charge in [0, 0.05) is 24.6 Å². The minimum atomic E-state index is -1.20. The normalized spacial score (nSPS) is 12.1. The Hall–Kier alpha value is -2.35. The van der Waals surface area contributed by atoms with Crippen molar-refractivity contribution < 1.29 is 24.9 Å². The minimum Gasteiger partial charge on any atom is -0.504 e. The summed E-state index contributed by atoms with van der Waals surface area (Å²) in [5, 5.41) is 27.3. The smallest absolute Gasteiger partial charge is 0.320 e. The molecule has 0 aliphatic carbocycles. The number of rotatable bonds is 7. The highest BCUT2D eigenvalue weighted by Crippen LogP contribution is 2.28. The molecule has 0 saturated carbocycles. The van der Waals surface area contributed by atoms with E-state index < -0.39 is 18.0 Å². The molecule has 1 aromatic rings. The zero-order valence-electron chi connectivity index (χ0n) is 10.7. The van der Waals surface area contributed by atoms with Crippen LogP contribution in [0.4, 0.5) is 5.82 Å². The maximum atomic E-state index is 10.8. The molecular weight excluding hydrogens is 266 g/mol. The summed E-state index contributed by atoms with van der Waals surface area (Å²) in [4.78, 5) is 25.0. The van der Waals surface area contributed by atoms with Crippen molar-refractivity contribution >= 4 is 17.8 Å². The summed E-state index contributed by atoms with van der Waals surface area (Å²) in [6.45, 7) is 0. The second-order valence-electron chi connectivity index (χ2n) is 4.39. The van der Waals surface area contributed by atoms with Crippen molar-refractivity contribution in [3.63, 3.8) is 0 Å². The molecule has 7 N–H and O–H groups in total. The summed E-state index contributed by atoms with van der Waals surface area (Å²) in [6.07, 6.45) is 1.96. The summed E-state index contributed by atoms with van der Waals surface area (Å²) >= 11 is 0. The van der Waals surface area contributed by atoms with Crippen LogP contribution >= 0.6 is 0 Å². The first-order valence-corrected chi connectivity index (χ1v) is 5.98. The third kappa shape index (κ3) is 4.09. The summed E-state index contributed by atoms with van der Waals surface area (Å²) in [5.74, 6) is -2.54. The molecule has 1 unspecified atom stereocenters. The number of pyridine rings is 1. The number of anilines is 1. The Bertz CT molecular complexity index is 518. The summed E-state index contributed by atoms with van der Waals surface area (Å²) in [7, 11) is 0. The molecule has 0 bridgehead atoms. The van der Waals surface area contributed by atoms with Gasteiger partial charge in [-0.1, -0.05) is 0 Å². The molecule has 20 heavy (non-hydrogen) atoms. The fourth-order valence-corrected chi connectivity index (χ4v) is 1.77. The number of aromatic nitrogens is 1. The third-order valence-electron chi connectivity index (χ3n) is 2.85. The van der Waals surface area contributed by atoms with Crippen LogP contribution in [0.25, 0.3) is 0 Å². The van der Waals surface area contributed by atoms with E-state index in [2.05, 4.69) is 4.98 Å². The van der Waals surface area contributed by atoms with E-state index in [1.165, 1.54) is 6.20 Å². The van der Waals surface area contributed by atoms with Crippen LogP contribution in [0.3, 0.4) is 0 Å². The highest BCUT2D eigenvalue weighted by atomic mass is 16.4. The predicted molar refractivity (Wildman–Crippen MR) is 70.2 cm³/mol. The number of nitrogens with zero attached hydrogens (tertiary/aromatic N) is 1. The van der Waals surface area contributed by atoms with E-state index in [4.69, 9.17) is 21.7 Å². The van der Waals surface area contributed by atoms with Gasteiger partial charge in [-0.2, -0.15) is 0 Å². The van der Waals surface area contributed by atoms with E-state index in [1.54, 1.807) is 0 Å². The first-order chi connectivity index (χ1) is 9.32. The van der Waals surface area contributed by atoms with E-state index in [0.717, 1.165) is 0 Å². The topological polar surface area (TPSA) is 160 Å². The number of carboxylic acids is 2. The number of nitrogen functional groups attached to an aromatic ring is 1. The second-order valence-corrected chi connectivity index (χ2v) is 4.39. The third-order valence-corrected chi connectivity index (χ3v) is 2.85. The molecule has 0 aliphatic rings. The van der Waals surface area contributed by atoms with Crippen LogP contribution in [0.5, 0.6) is 5.75 Å². The molecule has 1 atom stereocenters. The van der Waals surface area contributed by atoms with Crippen LogP contribution in [0, 0.1) is 0 Å². The molecular formula is C12H17N3O5. The van der Waals surface area contributed by atoms with Gasteiger partial charge in [0.1, 0.15) is 6.04 Å². The number of carboxylic acid groups (broad SMARTS) is 2. The van der Waals surface area contributed by atoms with Crippen LogP contribution < -0.4 is 11.5 Å². The molecule has 8 nitrogen and oxygen atoms in total. The van der Waals surface area contributed by atoms with Crippen molar-refractivity contribution in [2.24, 2.45) is 5.73 Å². The lowest BCUT2D eigenvalue weighted by Gasteiger charge is -2.14. The van der Waals surface area contributed by atoms with Gasteiger partial charge in [-0.05, 0) is 18.4 Å². The van der Waals surface area contributed by atoms with Gasteiger partial charge in [0.25, 0.3) is 0 Å². The Morgan fingerprint density at radius 3 is 2.55 bits per heavy atom. The number of hydrogen-bond acceptors (Lipinski definition) is 6. The van der Waals surface area contributed by atoms with Gasteiger partial charge in [0.05, 0.1) is 0 Å². The first kappa shape index (κ1) is 15.7. The maximum absolute atomic E-state index is 10.8. The molecule has 1 heterocycles. The Labute approximate surface area is 115 Å². The lowest BCUT2D eigenvalue weighted by atomic mass is 9.97. The highest BCUT2D eigenvalue weighted by molar-refractivity contribution is 5.74. The van der Waals surface area contributed by atoms with E-state index in [0.29, 0.717) is 24.0 Å². The van der Waals surface area contributed by atoms with Gasteiger partial charge >= 0.3 is 11.9 Å². The number of carbonyl (C=O) groups is 2. The zero-order chi connectivity index (χ0) is 15.3. The first-order valence-electron chi connectivity index (χ1n) is 5.98. The minimum absolute atomic E-state index is 0.0322. The van der Waals surface area contributed by atoms with Crippen LogP contribution in [-0.2, 0) is 22.4 Å². The zero-order valence-corrected chi connectivity index (χ0v) is 10.7. The number of aryl methyl sites for hydroxylation is 1. The molecule has 0 aliphatic heterocycles. The Balaban J connectivity index is 2.95. The standard InChI is InChI=1S/C12H17N3O5/c13-8(12(19)20)4-7-6(2-1-3-9(16)17)5-15-11(14)10(7)18/h5,8,18H,1-4,13H2,(H2,14,15)(H,16,17)(H,19,20). The van der Waals surface area contributed by atoms with Gasteiger partial charge in [0.15, 0.2) is 11.6 Å². The molecule has 0 saturated heterocycles. The van der Waals surface area contributed by atoms with Crippen molar-refractivity contribution in [1.82, 2.24) is 4.98 Å². The fraction of sp³-hybridized carbons (Fsp3) is 0.417. The molecule has 110 valence electrons. The maximum Gasteiger partial charge on any atom is 0.320 e. The number of aliphatic carboxylic acids is 2. The molecule has 0 aromatic carbocycles. The SMILES string of the molecule is Nc1ncc(CCCC(=O)O)c(CC(N)C(=O)O)c1O. The quantitative estimate of drug-likeness (QED) is 0.457. The number of nitrogens with two attached hydrogens (primary N) is 2. The van der Waals surface area contributed by atoms with Gasteiger partial charge < -0.3 is 26.8 Å². The van der Waals surface area contributed by atoms with Gasteiger partial charge in [-0.25, -0.2) is 4.98 Å². The highest BCUT2D eigenvalue weighted by Gasteiger charge is 2.19. The average Bonchev–Trinajstić information content (AvgIpc) is 2.36. The number of hydrogen-bond donors (Lipinski definition) is 5. The van der Waals surface area contributed by atoms with E-state index in [1.807, 2.05) is 0 Å². The van der Waals surface area contributed by atoms with Crippen molar-refractivity contribution in [2.75, 3.05) is 5.73 Å². The summed E-state index contributed by atoms with van der Waals surface area (Å²) in [5.41, 5.74) is 11.8. The van der Waals surface area contributed by atoms with Crippen molar-refractivity contribution in [3.8, 4) is 5.75 Å². The van der Waals surface area contributed by atoms with Crippen LogP contribution in [-0.4, -0.2) is 38.3 Å². The van der Waals surface area contributed by atoms with Gasteiger partial charge in [-0.15, -0.1) is 0 Å². The van der Waals surface area contributed by atoms with Crippen molar-refractivity contribution in [2.45, 2.75) is 31.7 Å². The van der Waals surface area contributed by atoms with Crippen molar-refractivity contribution in [1.29, 1.82) is 0 Å². The van der Waals surface area contributed by atoms with Crippen molar-refractivity contribution in [3.05, 3.63) is 17.3 Å². The van der Waals surface area contributed by atoms with Crippen LogP contribution in [0.15, 0.2) is 6.20 Å². The number of aromatic hydroxyl groups is 1. The van der Waals surface area contributed by atoms with Gasteiger partial charge in [-0.3, -0.25) is 9.59 Å². The molecule has 0 fully saturated rings. The molecule has 0 amide bonds. The molecule has 8 heteroatoms. The largest absolute Gasteiger partial charge is 0.504 e. The monoisotopic (exact) mass is 283 g/mol. The molecule has 0 spiro atoms. The molecule has 0 radical (unpaired) electrons. The predicted octanol–water partition coefficient (Wildman–Crippen LogP) is -0.269. The van der Waals surface area contributed by atoms with Gasteiger partial charge in [0.2, 0.25) is 0 Å². The van der Waals surface area contributed by atoms with E-state index >= 15 is 0 Å². The second kappa shape index (κ2) is 6.71. The molecule has 1 rings (SSSR count). The summed E-state index contributed by atoms with van der Waals surface area (Å²) < 4.78 is 0. The van der Waals surface area contributed by atoms with Crippen LogP contribution in [0.1, 0.15) is 24.0 Å². The average molecular weight is 283 g/mol.